The summed E-state index contributed by atoms with van der Waals surface area (Å²) >= 11 is 19.6. The van der Waals surface area contributed by atoms with Gasteiger partial charge >= 0.3 is 6.18 Å². The van der Waals surface area contributed by atoms with Crippen molar-refractivity contribution < 1.29 is 22.8 Å². The Balaban J connectivity index is 1.75. The minimum atomic E-state index is -4.59. The van der Waals surface area contributed by atoms with Crippen LogP contribution in [0.2, 0.25) is 15.1 Å². The Hall–Kier alpha value is -1.69. The first-order valence-electron chi connectivity index (χ1n) is 11.3. The van der Waals surface area contributed by atoms with Gasteiger partial charge < -0.3 is 9.80 Å². The second kappa shape index (κ2) is 11.2. The molecular weight excluding hydrogens is 572 g/mol. The first kappa shape index (κ1) is 28.3. The molecule has 3 unspecified atom stereocenters. The summed E-state index contributed by atoms with van der Waals surface area (Å²) in [5, 5.41) is 1.30. The molecule has 0 N–H and O–H groups in total. The lowest BCUT2D eigenvalue weighted by Crippen LogP contribution is -2.74. The number of fused-ring (bicyclic) bond motifs is 1. The van der Waals surface area contributed by atoms with Crippen LogP contribution >= 0.6 is 46.8 Å². The molecule has 2 fully saturated rings. The molecule has 13 heteroatoms. The van der Waals surface area contributed by atoms with E-state index in [0.717, 1.165) is 4.90 Å². The normalized spacial score (nSPS) is 23.1. The Morgan fingerprint density at radius 2 is 1.62 bits per heavy atom. The number of carbonyl (C=O) groups is 2. The summed E-state index contributed by atoms with van der Waals surface area (Å²) in [5.41, 5.74) is 0.676. The summed E-state index contributed by atoms with van der Waals surface area (Å²) in [5.74, 6) is -1.06. The van der Waals surface area contributed by atoms with Gasteiger partial charge in [-0.15, -0.1) is 0 Å². The maximum absolute atomic E-state index is 13.7. The fraction of sp³-hybridized carbons (Fsp3) is 0.417. The Bertz CT molecular complexity index is 1170. The lowest BCUT2D eigenvalue weighted by atomic mass is 9.97. The van der Waals surface area contributed by atoms with Crippen molar-refractivity contribution in [1.82, 2.24) is 19.0 Å². The first-order chi connectivity index (χ1) is 17.3. The van der Waals surface area contributed by atoms with Crippen LogP contribution in [0.5, 0.6) is 0 Å². The number of hydrogen-bond donors (Lipinski definition) is 0. The van der Waals surface area contributed by atoms with Crippen LogP contribution in [0.1, 0.15) is 5.56 Å². The second-order valence-corrected chi connectivity index (χ2v) is 11.5. The van der Waals surface area contributed by atoms with Crippen molar-refractivity contribution in [1.29, 1.82) is 0 Å². The molecule has 2 aliphatic rings. The number of rotatable bonds is 6. The van der Waals surface area contributed by atoms with Crippen LogP contribution in [0.25, 0.3) is 0 Å². The first-order valence-corrected chi connectivity index (χ1v) is 13.2. The molecule has 6 nitrogen and oxygen atoms in total. The smallest absolute Gasteiger partial charge is 0.328 e. The van der Waals surface area contributed by atoms with E-state index >= 15 is 0 Å². The van der Waals surface area contributed by atoms with Crippen molar-refractivity contribution in [2.45, 2.75) is 35.7 Å². The standard InChI is InChI=1S/C24H24Cl3F3N4O2S/c1-31(2)19-11-33(37-20-8-7-16(26)10-17(20)27)21-12-32(13-24(28,29)30)22(35)18(34(21)23(19)36)9-14-3-5-15(25)6-4-14/h3-8,10,18-19,21H,9,11-13H2,1-2H3. The highest BCUT2D eigenvalue weighted by Crippen LogP contribution is 2.39. The Morgan fingerprint density at radius 3 is 2.22 bits per heavy atom. The van der Waals surface area contributed by atoms with Crippen molar-refractivity contribution in [2.75, 3.05) is 33.7 Å². The van der Waals surface area contributed by atoms with Gasteiger partial charge in [-0.25, -0.2) is 4.31 Å². The fourth-order valence-corrected chi connectivity index (χ4v) is 6.20. The summed E-state index contributed by atoms with van der Waals surface area (Å²) in [7, 11) is 3.49. The van der Waals surface area contributed by atoms with Gasteiger partial charge in [0.1, 0.15) is 24.8 Å². The molecule has 0 saturated carbocycles. The third-order valence-electron chi connectivity index (χ3n) is 6.31. The van der Waals surface area contributed by atoms with Crippen LogP contribution in [0.4, 0.5) is 13.2 Å². The SMILES string of the molecule is CN(C)C1CN(Sc2ccc(Cl)cc2Cl)C2CN(CC(F)(F)F)C(=O)C(Cc3ccc(Cl)cc3)N2C1=O. The topological polar surface area (TPSA) is 47.1 Å². The lowest BCUT2D eigenvalue weighted by molar-refractivity contribution is -0.184. The van der Waals surface area contributed by atoms with Gasteiger partial charge in [0, 0.05) is 27.9 Å². The van der Waals surface area contributed by atoms with E-state index in [1.807, 2.05) is 4.31 Å². The number of piperazine rings is 1. The van der Waals surface area contributed by atoms with Gasteiger partial charge in [0.15, 0.2) is 0 Å². The van der Waals surface area contributed by atoms with Crippen molar-refractivity contribution in [3.63, 3.8) is 0 Å². The number of carbonyl (C=O) groups excluding carboxylic acids is 2. The highest BCUT2D eigenvalue weighted by Gasteiger charge is 2.52. The maximum Gasteiger partial charge on any atom is 0.406 e. The van der Waals surface area contributed by atoms with Crippen molar-refractivity contribution in [3.8, 4) is 0 Å². The molecule has 37 heavy (non-hydrogen) atoms. The Morgan fingerprint density at radius 1 is 0.973 bits per heavy atom. The molecule has 2 aliphatic heterocycles. The number of nitrogens with zero attached hydrogens (tertiary/aromatic N) is 4. The van der Waals surface area contributed by atoms with Crippen LogP contribution in [-0.4, -0.2) is 89.0 Å². The third kappa shape index (κ3) is 6.49. The molecule has 200 valence electrons. The van der Waals surface area contributed by atoms with Crippen molar-refractivity contribution in [2.24, 2.45) is 0 Å². The zero-order valence-corrected chi connectivity index (χ0v) is 23.0. The van der Waals surface area contributed by atoms with Gasteiger partial charge in [-0.2, -0.15) is 13.2 Å². The predicted molar refractivity (Wildman–Crippen MR) is 139 cm³/mol. The molecule has 4 rings (SSSR count). The van der Waals surface area contributed by atoms with E-state index < -0.39 is 36.9 Å². The van der Waals surface area contributed by atoms with Crippen LogP contribution in [0, 0.1) is 0 Å². The molecule has 0 spiro atoms. The van der Waals surface area contributed by atoms with E-state index in [0.29, 0.717) is 25.5 Å². The molecule has 2 amide bonds. The second-order valence-electron chi connectivity index (χ2n) is 9.15. The van der Waals surface area contributed by atoms with Crippen LogP contribution < -0.4 is 0 Å². The molecular formula is C24H24Cl3F3N4O2S. The Labute approximate surface area is 232 Å². The third-order valence-corrected chi connectivity index (χ3v) is 8.40. The fourth-order valence-electron chi connectivity index (χ4n) is 4.53. The molecule has 2 aromatic carbocycles. The van der Waals surface area contributed by atoms with Gasteiger partial charge in [-0.3, -0.25) is 14.5 Å². The molecule has 3 atom stereocenters. The number of benzene rings is 2. The van der Waals surface area contributed by atoms with Crippen molar-refractivity contribution >= 4 is 58.6 Å². The van der Waals surface area contributed by atoms with E-state index in [-0.39, 0.29) is 25.4 Å². The minimum Gasteiger partial charge on any atom is -0.328 e. The zero-order chi connectivity index (χ0) is 27.1. The van der Waals surface area contributed by atoms with Gasteiger partial charge in [0.25, 0.3) is 0 Å². The molecule has 2 aromatic rings. The summed E-state index contributed by atoms with van der Waals surface area (Å²) in [6.45, 7) is -1.48. The van der Waals surface area contributed by atoms with E-state index in [9.17, 15) is 22.8 Å². The van der Waals surface area contributed by atoms with Crippen LogP contribution in [0.15, 0.2) is 47.4 Å². The number of amides is 2. The number of likely N-dealkylation sites (N-methyl/N-ethyl adjacent to an activating group) is 1. The zero-order valence-electron chi connectivity index (χ0n) is 19.9. The molecule has 0 aromatic heterocycles. The molecule has 0 bridgehead atoms. The monoisotopic (exact) mass is 594 g/mol. The highest BCUT2D eigenvalue weighted by atomic mass is 35.5. The average molecular weight is 596 g/mol. The quantitative estimate of drug-likeness (QED) is 0.437. The van der Waals surface area contributed by atoms with Crippen LogP contribution in [0.3, 0.4) is 0 Å². The Kier molecular flexibility index (Phi) is 8.57. The van der Waals surface area contributed by atoms with E-state index in [1.165, 1.54) is 16.8 Å². The molecule has 0 aliphatic carbocycles. The summed E-state index contributed by atoms with van der Waals surface area (Å²) in [6, 6.07) is 9.89. The number of halogens is 6. The van der Waals surface area contributed by atoms with Crippen molar-refractivity contribution in [3.05, 3.63) is 63.1 Å². The molecule has 2 saturated heterocycles. The van der Waals surface area contributed by atoms with Gasteiger partial charge in [-0.1, -0.05) is 46.9 Å². The van der Waals surface area contributed by atoms with Gasteiger partial charge in [-0.05, 0) is 61.9 Å². The highest BCUT2D eigenvalue weighted by molar-refractivity contribution is 7.97. The van der Waals surface area contributed by atoms with E-state index in [4.69, 9.17) is 34.8 Å². The number of alkyl halides is 3. The lowest BCUT2D eigenvalue weighted by Gasteiger charge is -2.54. The maximum atomic E-state index is 13.7. The average Bonchev–Trinajstić information content (AvgIpc) is 2.80. The predicted octanol–water partition coefficient (Wildman–Crippen LogP) is 5.07. The summed E-state index contributed by atoms with van der Waals surface area (Å²) in [4.78, 5) is 31.7. The molecule has 2 heterocycles. The summed E-state index contributed by atoms with van der Waals surface area (Å²) in [6.07, 6.45) is -5.35. The largest absolute Gasteiger partial charge is 0.406 e. The minimum absolute atomic E-state index is 0.0486. The molecule has 0 radical (unpaired) electrons. The summed E-state index contributed by atoms with van der Waals surface area (Å²) < 4.78 is 42.2. The number of hydrogen-bond acceptors (Lipinski definition) is 5. The van der Waals surface area contributed by atoms with E-state index in [2.05, 4.69) is 0 Å². The van der Waals surface area contributed by atoms with E-state index in [1.54, 1.807) is 61.5 Å². The van der Waals surface area contributed by atoms with Gasteiger partial charge in [0.2, 0.25) is 11.8 Å². The van der Waals surface area contributed by atoms with Gasteiger partial charge in [0.05, 0.1) is 11.6 Å². The van der Waals surface area contributed by atoms with Crippen LogP contribution in [-0.2, 0) is 16.0 Å².